The van der Waals surface area contributed by atoms with Gasteiger partial charge in [-0.2, -0.15) is 13.2 Å². The predicted molar refractivity (Wildman–Crippen MR) is 69.9 cm³/mol. The molecule has 0 bridgehead atoms. The van der Waals surface area contributed by atoms with Crippen molar-refractivity contribution in [1.29, 1.82) is 0 Å². The van der Waals surface area contributed by atoms with Crippen molar-refractivity contribution in [3.63, 3.8) is 0 Å². The molecule has 1 aromatic heterocycles. The number of hydrogen-bond acceptors (Lipinski definition) is 3. The third kappa shape index (κ3) is 4.11. The van der Waals surface area contributed by atoms with Crippen LogP contribution in [0.5, 0.6) is 0 Å². The Morgan fingerprint density at radius 3 is 2.53 bits per heavy atom. The number of halogens is 3. The highest BCUT2D eigenvalue weighted by atomic mass is 32.2. The van der Waals surface area contributed by atoms with Gasteiger partial charge >= 0.3 is 6.18 Å². The molecule has 6 heteroatoms. The summed E-state index contributed by atoms with van der Waals surface area (Å²) in [5.74, 6) is 0. The number of thioether (sulfide) groups is 1. The number of aromatic nitrogens is 1. The quantitative estimate of drug-likeness (QED) is 0.841. The number of nitrogens with zero attached hydrogens (tertiary/aromatic N) is 1. The minimum atomic E-state index is -4.32. The summed E-state index contributed by atoms with van der Waals surface area (Å²) in [6.07, 6.45) is 2.02. The normalized spacial score (nSPS) is 25.1. The van der Waals surface area contributed by atoms with Gasteiger partial charge in [0, 0.05) is 17.5 Å². The summed E-state index contributed by atoms with van der Waals surface area (Å²) in [6.45, 7) is 0. The lowest BCUT2D eigenvalue weighted by Gasteiger charge is -2.20. The predicted octanol–water partition coefficient (Wildman–Crippen LogP) is 3.85. The molecular weight excluding hydrogens is 273 g/mol. The summed E-state index contributed by atoms with van der Waals surface area (Å²) in [5, 5.41) is 0.877. The molecule has 1 saturated carbocycles. The molecule has 1 aliphatic carbocycles. The van der Waals surface area contributed by atoms with Crippen molar-refractivity contribution in [3.8, 4) is 0 Å². The summed E-state index contributed by atoms with van der Waals surface area (Å²) in [5.41, 5.74) is 5.39. The first kappa shape index (κ1) is 14.7. The van der Waals surface area contributed by atoms with E-state index in [1.807, 2.05) is 0 Å². The Balaban J connectivity index is 2.02. The van der Waals surface area contributed by atoms with Crippen molar-refractivity contribution < 1.29 is 13.2 Å². The number of nitrogens with two attached hydrogens (primary N) is 1. The van der Waals surface area contributed by atoms with E-state index in [2.05, 4.69) is 4.98 Å². The highest BCUT2D eigenvalue weighted by Crippen LogP contribution is 2.33. The Morgan fingerprint density at radius 2 is 1.89 bits per heavy atom. The minimum Gasteiger partial charge on any atom is -0.327 e. The molecule has 1 aliphatic rings. The Bertz CT molecular complexity index is 405. The zero-order valence-corrected chi connectivity index (χ0v) is 11.3. The van der Waals surface area contributed by atoms with Crippen molar-refractivity contribution in [2.45, 2.75) is 54.6 Å². The number of alkyl halides is 3. The molecule has 0 aromatic carbocycles. The third-order valence-electron chi connectivity index (χ3n) is 3.34. The van der Waals surface area contributed by atoms with E-state index >= 15 is 0 Å². The summed E-state index contributed by atoms with van der Waals surface area (Å²) in [6, 6.07) is 2.62. The molecule has 1 fully saturated rings. The van der Waals surface area contributed by atoms with Crippen LogP contribution >= 0.6 is 11.8 Å². The van der Waals surface area contributed by atoms with Crippen molar-refractivity contribution in [2.75, 3.05) is 0 Å². The molecule has 2 nitrogen and oxygen atoms in total. The topological polar surface area (TPSA) is 38.9 Å². The van der Waals surface area contributed by atoms with Crippen LogP contribution in [0.25, 0.3) is 0 Å². The first-order valence-electron chi connectivity index (χ1n) is 6.42. The lowest BCUT2D eigenvalue weighted by molar-refractivity contribution is -0.137. The van der Waals surface area contributed by atoms with Gasteiger partial charge < -0.3 is 5.73 Å². The summed E-state index contributed by atoms with van der Waals surface area (Å²) in [7, 11) is 0. The Hall–Kier alpha value is -0.750. The Labute approximate surface area is 115 Å². The van der Waals surface area contributed by atoms with E-state index in [1.54, 1.807) is 0 Å². The van der Waals surface area contributed by atoms with Crippen molar-refractivity contribution in [2.24, 2.45) is 5.73 Å². The van der Waals surface area contributed by atoms with Gasteiger partial charge in [-0.15, -0.1) is 11.8 Å². The second-order valence-electron chi connectivity index (χ2n) is 4.84. The van der Waals surface area contributed by atoms with E-state index in [4.69, 9.17) is 5.73 Å². The molecule has 2 atom stereocenters. The first-order valence-corrected chi connectivity index (χ1v) is 7.30. The van der Waals surface area contributed by atoms with Crippen LogP contribution in [0.2, 0.25) is 0 Å². The molecule has 0 radical (unpaired) electrons. The molecule has 0 aliphatic heterocycles. The average Bonchev–Trinajstić information content (AvgIpc) is 2.55. The molecular formula is C13H17F3N2S. The van der Waals surface area contributed by atoms with Crippen LogP contribution in [0.3, 0.4) is 0 Å². The van der Waals surface area contributed by atoms with Gasteiger partial charge in [-0.1, -0.05) is 19.3 Å². The lowest BCUT2D eigenvalue weighted by Crippen LogP contribution is -2.31. The monoisotopic (exact) mass is 290 g/mol. The number of rotatable bonds is 2. The van der Waals surface area contributed by atoms with E-state index in [0.29, 0.717) is 5.03 Å². The molecule has 1 aromatic rings. The minimum absolute atomic E-state index is 0.108. The van der Waals surface area contributed by atoms with Gasteiger partial charge in [0.25, 0.3) is 0 Å². The van der Waals surface area contributed by atoms with Gasteiger partial charge in [0.1, 0.15) is 0 Å². The molecule has 19 heavy (non-hydrogen) atoms. The standard InChI is InChI=1S/C13H17F3N2S/c14-13(15,16)9-6-7-12(18-8-9)19-11-5-3-1-2-4-10(11)17/h6-8,10-11H,1-5,17H2. The van der Waals surface area contributed by atoms with Crippen LogP contribution in [-0.4, -0.2) is 16.3 Å². The fourth-order valence-corrected chi connectivity index (χ4v) is 3.39. The summed E-state index contributed by atoms with van der Waals surface area (Å²) < 4.78 is 37.3. The van der Waals surface area contributed by atoms with Crippen LogP contribution in [-0.2, 0) is 6.18 Å². The Morgan fingerprint density at radius 1 is 1.16 bits per heavy atom. The van der Waals surface area contributed by atoms with Crippen LogP contribution in [0.1, 0.15) is 37.7 Å². The van der Waals surface area contributed by atoms with E-state index in [0.717, 1.165) is 37.9 Å². The Kier molecular flexibility index (Phi) is 4.73. The molecule has 2 N–H and O–H groups in total. The third-order valence-corrected chi connectivity index (χ3v) is 4.71. The van der Waals surface area contributed by atoms with Gasteiger partial charge in [-0.25, -0.2) is 4.98 Å². The molecule has 106 valence electrons. The van der Waals surface area contributed by atoms with Gasteiger partial charge in [0.2, 0.25) is 0 Å². The van der Waals surface area contributed by atoms with E-state index in [1.165, 1.54) is 24.2 Å². The van der Waals surface area contributed by atoms with E-state index in [-0.39, 0.29) is 11.3 Å². The smallest absolute Gasteiger partial charge is 0.327 e. The second kappa shape index (κ2) is 6.13. The zero-order valence-electron chi connectivity index (χ0n) is 10.5. The SMILES string of the molecule is NC1CCCCCC1Sc1ccc(C(F)(F)F)cn1. The highest BCUT2D eigenvalue weighted by molar-refractivity contribution is 7.99. The largest absolute Gasteiger partial charge is 0.417 e. The molecule has 0 saturated heterocycles. The lowest BCUT2D eigenvalue weighted by atomic mass is 10.1. The average molecular weight is 290 g/mol. The van der Waals surface area contributed by atoms with Crippen LogP contribution in [0.15, 0.2) is 23.4 Å². The molecule has 2 rings (SSSR count). The van der Waals surface area contributed by atoms with Gasteiger partial charge in [-0.3, -0.25) is 0 Å². The molecule has 0 spiro atoms. The van der Waals surface area contributed by atoms with Crippen LogP contribution < -0.4 is 5.73 Å². The van der Waals surface area contributed by atoms with Gasteiger partial charge in [0.15, 0.2) is 0 Å². The zero-order chi connectivity index (χ0) is 13.9. The number of hydrogen-bond donors (Lipinski definition) is 1. The molecule has 1 heterocycles. The maximum absolute atomic E-state index is 12.4. The van der Waals surface area contributed by atoms with Crippen molar-refractivity contribution in [1.82, 2.24) is 4.98 Å². The first-order chi connectivity index (χ1) is 8.97. The van der Waals surface area contributed by atoms with Gasteiger partial charge in [0.05, 0.1) is 10.6 Å². The van der Waals surface area contributed by atoms with E-state index < -0.39 is 11.7 Å². The highest BCUT2D eigenvalue weighted by Gasteiger charge is 2.31. The fourth-order valence-electron chi connectivity index (χ4n) is 2.22. The fraction of sp³-hybridized carbons (Fsp3) is 0.615. The summed E-state index contributed by atoms with van der Waals surface area (Å²) >= 11 is 1.50. The van der Waals surface area contributed by atoms with Crippen molar-refractivity contribution in [3.05, 3.63) is 23.9 Å². The van der Waals surface area contributed by atoms with Crippen LogP contribution in [0, 0.1) is 0 Å². The number of pyridine rings is 1. The maximum atomic E-state index is 12.4. The van der Waals surface area contributed by atoms with Crippen LogP contribution in [0.4, 0.5) is 13.2 Å². The second-order valence-corrected chi connectivity index (χ2v) is 6.10. The maximum Gasteiger partial charge on any atom is 0.417 e. The van der Waals surface area contributed by atoms with Crippen molar-refractivity contribution >= 4 is 11.8 Å². The molecule has 0 amide bonds. The summed E-state index contributed by atoms with van der Waals surface area (Å²) in [4.78, 5) is 3.89. The van der Waals surface area contributed by atoms with E-state index in [9.17, 15) is 13.2 Å². The van der Waals surface area contributed by atoms with Gasteiger partial charge in [-0.05, 0) is 25.0 Å². The molecule has 2 unspecified atom stereocenters.